The average molecular weight is 290 g/mol. The Bertz CT molecular complexity index is 363. The standard InChI is InChI=1S/C10H16BrN3O2/c1-3-16-9(15)10(2,12)4-5-14-7-8(11)6-13-14/h6-7H,3-5,12H2,1-2H3. The third-order valence-corrected chi connectivity index (χ3v) is 2.61. The van der Waals surface area contributed by atoms with Gasteiger partial charge in [-0.3, -0.25) is 9.48 Å². The molecule has 0 saturated carbocycles. The van der Waals surface area contributed by atoms with Crippen LogP contribution in [0.25, 0.3) is 0 Å². The molecule has 1 aromatic rings. The van der Waals surface area contributed by atoms with Gasteiger partial charge in [-0.05, 0) is 36.2 Å². The molecule has 0 spiro atoms. The van der Waals surface area contributed by atoms with Crippen molar-refractivity contribution in [3.63, 3.8) is 0 Å². The van der Waals surface area contributed by atoms with Crippen molar-refractivity contribution in [1.29, 1.82) is 0 Å². The van der Waals surface area contributed by atoms with E-state index in [9.17, 15) is 4.79 Å². The van der Waals surface area contributed by atoms with Crippen LogP contribution in [0.5, 0.6) is 0 Å². The lowest BCUT2D eigenvalue weighted by Gasteiger charge is -2.21. The number of carbonyl (C=O) groups is 1. The maximum atomic E-state index is 11.5. The summed E-state index contributed by atoms with van der Waals surface area (Å²) in [5.74, 6) is -0.374. The lowest BCUT2D eigenvalue weighted by atomic mass is 10.00. The highest BCUT2D eigenvalue weighted by Crippen LogP contribution is 2.12. The first-order valence-electron chi connectivity index (χ1n) is 5.10. The molecule has 1 unspecified atom stereocenters. The summed E-state index contributed by atoms with van der Waals surface area (Å²) < 4.78 is 7.53. The molecule has 0 radical (unpaired) electrons. The molecule has 1 atom stereocenters. The number of ether oxygens (including phenoxy) is 1. The summed E-state index contributed by atoms with van der Waals surface area (Å²) in [6, 6.07) is 0. The van der Waals surface area contributed by atoms with Crippen molar-refractivity contribution in [2.24, 2.45) is 5.73 Å². The highest BCUT2D eigenvalue weighted by molar-refractivity contribution is 9.10. The van der Waals surface area contributed by atoms with E-state index in [1.54, 1.807) is 24.7 Å². The van der Waals surface area contributed by atoms with Crippen molar-refractivity contribution in [1.82, 2.24) is 9.78 Å². The molecule has 16 heavy (non-hydrogen) atoms. The molecule has 0 aliphatic rings. The molecule has 2 N–H and O–H groups in total. The Hall–Kier alpha value is -0.880. The Morgan fingerprint density at radius 2 is 2.44 bits per heavy atom. The molecule has 0 amide bonds. The lowest BCUT2D eigenvalue weighted by molar-refractivity contribution is -0.149. The fourth-order valence-electron chi connectivity index (χ4n) is 1.21. The maximum Gasteiger partial charge on any atom is 0.325 e. The van der Waals surface area contributed by atoms with E-state index in [0.29, 0.717) is 19.6 Å². The number of carbonyl (C=O) groups excluding carboxylic acids is 1. The number of hydrogen-bond acceptors (Lipinski definition) is 4. The van der Waals surface area contributed by atoms with Gasteiger partial charge in [0.15, 0.2) is 0 Å². The van der Waals surface area contributed by atoms with Crippen molar-refractivity contribution >= 4 is 21.9 Å². The van der Waals surface area contributed by atoms with Crippen molar-refractivity contribution in [3.05, 3.63) is 16.9 Å². The van der Waals surface area contributed by atoms with E-state index in [0.717, 1.165) is 4.47 Å². The summed E-state index contributed by atoms with van der Waals surface area (Å²) in [6.07, 6.45) is 4.01. The molecule has 90 valence electrons. The topological polar surface area (TPSA) is 70.1 Å². The predicted octanol–water partition coefficient (Wildman–Crippen LogP) is 1.32. The number of halogens is 1. The quantitative estimate of drug-likeness (QED) is 0.830. The first-order chi connectivity index (χ1) is 7.45. The summed E-state index contributed by atoms with van der Waals surface area (Å²) in [6.45, 7) is 4.36. The van der Waals surface area contributed by atoms with Crippen LogP contribution < -0.4 is 5.73 Å². The van der Waals surface area contributed by atoms with Gasteiger partial charge in [0.2, 0.25) is 0 Å². The summed E-state index contributed by atoms with van der Waals surface area (Å²) >= 11 is 3.30. The minimum Gasteiger partial charge on any atom is -0.465 e. The van der Waals surface area contributed by atoms with Gasteiger partial charge in [0, 0.05) is 12.7 Å². The van der Waals surface area contributed by atoms with Crippen LogP contribution in [0.3, 0.4) is 0 Å². The van der Waals surface area contributed by atoms with Gasteiger partial charge in [0.25, 0.3) is 0 Å². The average Bonchev–Trinajstić information content (AvgIpc) is 2.62. The Kier molecular flexibility index (Phi) is 4.49. The first kappa shape index (κ1) is 13.2. The Balaban J connectivity index is 2.50. The van der Waals surface area contributed by atoms with Crippen molar-refractivity contribution < 1.29 is 9.53 Å². The van der Waals surface area contributed by atoms with E-state index >= 15 is 0 Å². The largest absolute Gasteiger partial charge is 0.465 e. The number of nitrogens with zero attached hydrogens (tertiary/aromatic N) is 2. The van der Waals surface area contributed by atoms with Gasteiger partial charge in [-0.2, -0.15) is 5.10 Å². The molecule has 6 heteroatoms. The van der Waals surface area contributed by atoms with Crippen LogP contribution in [0.4, 0.5) is 0 Å². The predicted molar refractivity (Wildman–Crippen MR) is 63.8 cm³/mol. The van der Waals surface area contributed by atoms with Gasteiger partial charge >= 0.3 is 5.97 Å². The minimum atomic E-state index is -0.964. The van der Waals surface area contributed by atoms with Gasteiger partial charge < -0.3 is 10.5 Å². The summed E-state index contributed by atoms with van der Waals surface area (Å²) in [7, 11) is 0. The van der Waals surface area contributed by atoms with E-state index in [1.807, 2.05) is 6.20 Å². The van der Waals surface area contributed by atoms with Crippen molar-refractivity contribution in [3.8, 4) is 0 Å². The molecule has 0 aromatic carbocycles. The normalized spacial score (nSPS) is 14.5. The lowest BCUT2D eigenvalue weighted by Crippen LogP contribution is -2.46. The van der Waals surface area contributed by atoms with E-state index < -0.39 is 5.54 Å². The molecule has 0 saturated heterocycles. The van der Waals surface area contributed by atoms with E-state index in [4.69, 9.17) is 10.5 Å². The van der Waals surface area contributed by atoms with Crippen LogP contribution in [0.15, 0.2) is 16.9 Å². The van der Waals surface area contributed by atoms with Crippen LogP contribution in [-0.4, -0.2) is 27.9 Å². The van der Waals surface area contributed by atoms with Crippen LogP contribution >= 0.6 is 15.9 Å². The smallest absolute Gasteiger partial charge is 0.325 e. The molecule has 0 aliphatic carbocycles. The third-order valence-electron chi connectivity index (χ3n) is 2.20. The molecule has 1 rings (SSSR count). The monoisotopic (exact) mass is 289 g/mol. The van der Waals surface area contributed by atoms with Gasteiger partial charge in [-0.15, -0.1) is 0 Å². The molecular weight excluding hydrogens is 274 g/mol. The number of nitrogens with two attached hydrogens (primary N) is 1. The molecule has 1 heterocycles. The van der Waals surface area contributed by atoms with E-state index in [1.165, 1.54) is 0 Å². The van der Waals surface area contributed by atoms with Crippen LogP contribution in [0.1, 0.15) is 20.3 Å². The zero-order valence-corrected chi connectivity index (χ0v) is 11.0. The molecule has 5 nitrogen and oxygen atoms in total. The highest BCUT2D eigenvalue weighted by atomic mass is 79.9. The number of esters is 1. The summed E-state index contributed by atoms with van der Waals surface area (Å²) in [4.78, 5) is 11.5. The van der Waals surface area contributed by atoms with Crippen LogP contribution in [0, 0.1) is 0 Å². The zero-order chi connectivity index (χ0) is 12.2. The zero-order valence-electron chi connectivity index (χ0n) is 9.44. The van der Waals surface area contributed by atoms with Crippen LogP contribution in [-0.2, 0) is 16.1 Å². The fraction of sp³-hybridized carbons (Fsp3) is 0.600. The second-order valence-corrected chi connectivity index (χ2v) is 4.73. The molecule has 0 aliphatic heterocycles. The summed E-state index contributed by atoms with van der Waals surface area (Å²) in [5, 5.41) is 4.09. The SMILES string of the molecule is CCOC(=O)C(C)(N)CCn1cc(Br)cn1. The maximum absolute atomic E-state index is 11.5. The minimum absolute atomic E-state index is 0.346. The Morgan fingerprint density at radius 3 is 2.94 bits per heavy atom. The van der Waals surface area contributed by atoms with Gasteiger partial charge in [0.1, 0.15) is 5.54 Å². The molecule has 0 fully saturated rings. The number of aryl methyl sites for hydroxylation is 1. The van der Waals surface area contributed by atoms with E-state index in [2.05, 4.69) is 21.0 Å². The Morgan fingerprint density at radius 1 is 1.75 bits per heavy atom. The van der Waals surface area contributed by atoms with Gasteiger partial charge in [-0.1, -0.05) is 0 Å². The fourth-order valence-corrected chi connectivity index (χ4v) is 1.53. The molecule has 0 bridgehead atoms. The number of aromatic nitrogens is 2. The molecule has 1 aromatic heterocycles. The second kappa shape index (κ2) is 5.45. The van der Waals surface area contributed by atoms with Crippen LogP contribution in [0.2, 0.25) is 0 Å². The van der Waals surface area contributed by atoms with Crippen molar-refractivity contribution in [2.45, 2.75) is 32.4 Å². The van der Waals surface area contributed by atoms with Gasteiger partial charge in [-0.25, -0.2) is 0 Å². The van der Waals surface area contributed by atoms with Gasteiger partial charge in [0.05, 0.1) is 17.3 Å². The molecular formula is C10H16BrN3O2. The highest BCUT2D eigenvalue weighted by Gasteiger charge is 2.29. The van der Waals surface area contributed by atoms with Crippen molar-refractivity contribution in [2.75, 3.05) is 6.61 Å². The number of rotatable bonds is 5. The second-order valence-electron chi connectivity index (χ2n) is 3.81. The summed E-state index contributed by atoms with van der Waals surface area (Å²) in [5.41, 5.74) is 4.91. The first-order valence-corrected chi connectivity index (χ1v) is 5.89. The van der Waals surface area contributed by atoms with E-state index in [-0.39, 0.29) is 5.97 Å². The third kappa shape index (κ3) is 3.61. The number of hydrogen-bond donors (Lipinski definition) is 1. The Labute approximate surface area is 103 Å².